The summed E-state index contributed by atoms with van der Waals surface area (Å²) in [6.45, 7) is 5.05. The first kappa shape index (κ1) is 14.7. The van der Waals surface area contributed by atoms with Crippen LogP contribution < -0.4 is 0 Å². The Hall–Kier alpha value is -0.380. The maximum atomic E-state index is 9.40. The molecule has 1 aromatic carbocycles. The molecule has 0 aliphatic rings. The number of aliphatic hydroxyl groups is 1. The van der Waals surface area contributed by atoms with Crippen molar-refractivity contribution in [3.8, 4) is 0 Å². The van der Waals surface area contributed by atoms with E-state index in [2.05, 4.69) is 28.1 Å². The zero-order valence-corrected chi connectivity index (χ0v) is 12.1. The van der Waals surface area contributed by atoms with Crippen LogP contribution in [0.5, 0.6) is 0 Å². The molecule has 1 rings (SSSR count). The fourth-order valence-corrected chi connectivity index (χ4v) is 2.01. The number of ether oxygens (including phenoxy) is 1. The fourth-order valence-electron chi connectivity index (χ4n) is 1.75. The molecule has 1 N–H and O–H groups in total. The monoisotopic (exact) mass is 300 g/mol. The summed E-state index contributed by atoms with van der Waals surface area (Å²) >= 11 is 3.41. The van der Waals surface area contributed by atoms with Gasteiger partial charge in [0.05, 0.1) is 6.10 Å². The summed E-state index contributed by atoms with van der Waals surface area (Å²) < 4.78 is 6.57. The summed E-state index contributed by atoms with van der Waals surface area (Å²) in [6, 6.07) is 8.16. The molecule has 0 fully saturated rings. The van der Waals surface area contributed by atoms with Crippen molar-refractivity contribution in [2.75, 3.05) is 13.2 Å². The van der Waals surface area contributed by atoms with Crippen LogP contribution in [0.25, 0.3) is 0 Å². The van der Waals surface area contributed by atoms with Crippen molar-refractivity contribution in [1.29, 1.82) is 0 Å². The third kappa shape index (κ3) is 5.66. The van der Waals surface area contributed by atoms with E-state index >= 15 is 0 Å². The lowest BCUT2D eigenvalue weighted by atomic mass is 9.95. The number of benzene rings is 1. The predicted octanol–water partition coefficient (Wildman–Crippen LogP) is 3.73. The maximum absolute atomic E-state index is 9.40. The van der Waals surface area contributed by atoms with Gasteiger partial charge in [-0.3, -0.25) is 0 Å². The molecule has 0 spiro atoms. The Balaban J connectivity index is 2.40. The Kier molecular flexibility index (Phi) is 6.78. The van der Waals surface area contributed by atoms with Crippen molar-refractivity contribution in [2.24, 2.45) is 0 Å². The highest BCUT2D eigenvalue weighted by molar-refractivity contribution is 9.10. The largest absolute Gasteiger partial charge is 0.396 e. The molecular weight excluding hydrogens is 280 g/mol. The lowest BCUT2D eigenvalue weighted by Crippen LogP contribution is -2.08. The van der Waals surface area contributed by atoms with E-state index in [0.717, 1.165) is 23.9 Å². The van der Waals surface area contributed by atoms with Crippen LogP contribution in [-0.4, -0.2) is 24.4 Å². The SMILES string of the molecule is CC(C)OCCCC(CO)c1ccc(Br)cc1. The van der Waals surface area contributed by atoms with Crippen LogP contribution in [-0.2, 0) is 4.74 Å². The van der Waals surface area contributed by atoms with Crippen molar-refractivity contribution < 1.29 is 9.84 Å². The van der Waals surface area contributed by atoms with E-state index in [-0.39, 0.29) is 18.6 Å². The molecular formula is C14H21BrO2. The molecule has 2 nitrogen and oxygen atoms in total. The molecule has 1 aromatic rings. The summed E-state index contributed by atoms with van der Waals surface area (Å²) in [5, 5.41) is 9.40. The summed E-state index contributed by atoms with van der Waals surface area (Å²) in [5.74, 6) is 0.221. The Morgan fingerprint density at radius 2 is 1.88 bits per heavy atom. The number of hydrogen-bond acceptors (Lipinski definition) is 2. The van der Waals surface area contributed by atoms with Crippen LogP contribution in [0.3, 0.4) is 0 Å². The summed E-state index contributed by atoms with van der Waals surface area (Å²) in [5.41, 5.74) is 1.19. The van der Waals surface area contributed by atoms with Gasteiger partial charge in [-0.1, -0.05) is 28.1 Å². The Morgan fingerprint density at radius 3 is 2.41 bits per heavy atom. The third-order valence-electron chi connectivity index (χ3n) is 2.71. The highest BCUT2D eigenvalue weighted by atomic mass is 79.9. The predicted molar refractivity (Wildman–Crippen MR) is 74.3 cm³/mol. The topological polar surface area (TPSA) is 29.5 Å². The van der Waals surface area contributed by atoms with Gasteiger partial charge in [0, 0.05) is 23.6 Å². The molecule has 1 atom stereocenters. The molecule has 3 heteroatoms. The minimum Gasteiger partial charge on any atom is -0.396 e. The van der Waals surface area contributed by atoms with Crippen LogP contribution in [0, 0.1) is 0 Å². The molecule has 0 bridgehead atoms. The maximum Gasteiger partial charge on any atom is 0.0518 e. The molecule has 0 aromatic heterocycles. The molecule has 0 amide bonds. The van der Waals surface area contributed by atoms with Crippen LogP contribution >= 0.6 is 15.9 Å². The smallest absolute Gasteiger partial charge is 0.0518 e. The molecule has 0 aliphatic heterocycles. The van der Waals surface area contributed by atoms with E-state index in [1.165, 1.54) is 5.56 Å². The van der Waals surface area contributed by atoms with Crippen molar-refractivity contribution in [2.45, 2.75) is 38.7 Å². The quantitative estimate of drug-likeness (QED) is 0.778. The lowest BCUT2D eigenvalue weighted by molar-refractivity contribution is 0.0738. The van der Waals surface area contributed by atoms with Gasteiger partial charge < -0.3 is 9.84 Å². The standard InChI is InChI=1S/C14H21BrO2/c1-11(2)17-9-3-4-13(10-16)12-5-7-14(15)8-6-12/h5-8,11,13,16H,3-4,9-10H2,1-2H3. The molecule has 0 saturated heterocycles. The second-order valence-electron chi connectivity index (χ2n) is 4.49. The minimum absolute atomic E-state index is 0.198. The Bertz CT molecular complexity index is 309. The van der Waals surface area contributed by atoms with Crippen LogP contribution in [0.1, 0.15) is 38.2 Å². The summed E-state index contributed by atoms with van der Waals surface area (Å²) in [7, 11) is 0. The van der Waals surface area contributed by atoms with Crippen molar-refractivity contribution in [1.82, 2.24) is 0 Å². The van der Waals surface area contributed by atoms with E-state index < -0.39 is 0 Å². The van der Waals surface area contributed by atoms with Gasteiger partial charge in [0.25, 0.3) is 0 Å². The van der Waals surface area contributed by atoms with Crippen molar-refractivity contribution in [3.05, 3.63) is 34.3 Å². The number of hydrogen-bond donors (Lipinski definition) is 1. The van der Waals surface area contributed by atoms with Gasteiger partial charge in [-0.25, -0.2) is 0 Å². The summed E-state index contributed by atoms with van der Waals surface area (Å²) in [4.78, 5) is 0. The van der Waals surface area contributed by atoms with Crippen LogP contribution in [0.15, 0.2) is 28.7 Å². The zero-order chi connectivity index (χ0) is 12.7. The first-order valence-corrected chi connectivity index (χ1v) is 6.90. The summed E-state index contributed by atoms with van der Waals surface area (Å²) in [6.07, 6.45) is 2.24. The first-order chi connectivity index (χ1) is 8.13. The Morgan fingerprint density at radius 1 is 1.24 bits per heavy atom. The Labute approximate surface area is 112 Å². The molecule has 0 aliphatic carbocycles. The van der Waals surface area contributed by atoms with Gasteiger partial charge in [-0.15, -0.1) is 0 Å². The lowest BCUT2D eigenvalue weighted by Gasteiger charge is -2.15. The highest BCUT2D eigenvalue weighted by Crippen LogP contribution is 2.22. The van der Waals surface area contributed by atoms with Gasteiger partial charge in [-0.2, -0.15) is 0 Å². The van der Waals surface area contributed by atoms with Gasteiger partial charge in [0.15, 0.2) is 0 Å². The van der Waals surface area contributed by atoms with Gasteiger partial charge in [0.2, 0.25) is 0 Å². The van der Waals surface area contributed by atoms with Crippen molar-refractivity contribution in [3.63, 3.8) is 0 Å². The third-order valence-corrected chi connectivity index (χ3v) is 3.24. The fraction of sp³-hybridized carbons (Fsp3) is 0.571. The average molecular weight is 301 g/mol. The van der Waals surface area contributed by atoms with Gasteiger partial charge in [-0.05, 0) is 44.4 Å². The van der Waals surface area contributed by atoms with Crippen molar-refractivity contribution >= 4 is 15.9 Å². The second-order valence-corrected chi connectivity index (χ2v) is 5.41. The van der Waals surface area contributed by atoms with E-state index in [1.54, 1.807) is 0 Å². The zero-order valence-electron chi connectivity index (χ0n) is 10.5. The molecule has 0 heterocycles. The number of halogens is 1. The normalized spacial score (nSPS) is 13.0. The van der Waals surface area contributed by atoms with E-state index in [0.29, 0.717) is 0 Å². The molecule has 17 heavy (non-hydrogen) atoms. The minimum atomic E-state index is 0.198. The van der Waals surface area contributed by atoms with E-state index in [4.69, 9.17) is 4.74 Å². The molecule has 0 radical (unpaired) electrons. The number of aliphatic hydroxyl groups excluding tert-OH is 1. The van der Waals surface area contributed by atoms with E-state index in [9.17, 15) is 5.11 Å². The van der Waals surface area contributed by atoms with Crippen LogP contribution in [0.4, 0.5) is 0 Å². The van der Waals surface area contributed by atoms with Gasteiger partial charge >= 0.3 is 0 Å². The van der Waals surface area contributed by atoms with Gasteiger partial charge in [0.1, 0.15) is 0 Å². The number of rotatable bonds is 7. The average Bonchev–Trinajstić information content (AvgIpc) is 2.30. The molecule has 1 unspecified atom stereocenters. The molecule has 96 valence electrons. The first-order valence-electron chi connectivity index (χ1n) is 6.11. The van der Waals surface area contributed by atoms with Crippen LogP contribution in [0.2, 0.25) is 0 Å². The van der Waals surface area contributed by atoms with E-state index in [1.807, 2.05) is 26.0 Å². The molecule has 0 saturated carbocycles. The second kappa shape index (κ2) is 7.85. The highest BCUT2D eigenvalue weighted by Gasteiger charge is 2.10.